The van der Waals surface area contributed by atoms with Gasteiger partial charge in [-0.15, -0.1) is 0 Å². The van der Waals surface area contributed by atoms with E-state index in [0.29, 0.717) is 5.69 Å². The molecular formula is C10H12N4O2S. The second-order valence-electron chi connectivity index (χ2n) is 3.65. The molecule has 1 aliphatic rings. The molecule has 2 amide bonds. The first-order valence-corrected chi connectivity index (χ1v) is 5.43. The summed E-state index contributed by atoms with van der Waals surface area (Å²) < 4.78 is -1.35. The number of carbonyl (C=O) groups excluding carboxylic acids is 1. The van der Waals surface area contributed by atoms with Crippen molar-refractivity contribution in [2.75, 3.05) is 5.43 Å². The van der Waals surface area contributed by atoms with Crippen molar-refractivity contribution in [3.05, 3.63) is 35.5 Å². The number of nitrogens with one attached hydrogen (secondary N) is 1. The molecule has 1 aliphatic heterocycles. The van der Waals surface area contributed by atoms with E-state index in [2.05, 4.69) is 23.2 Å². The molecule has 1 N–H and O–H groups in total. The fourth-order valence-corrected chi connectivity index (χ4v) is 1.50. The van der Waals surface area contributed by atoms with E-state index < -0.39 is 16.2 Å². The van der Waals surface area contributed by atoms with Crippen molar-refractivity contribution in [3.8, 4) is 0 Å². The highest BCUT2D eigenvalue weighted by Crippen LogP contribution is 2.23. The highest BCUT2D eigenvalue weighted by atomic mass is 32.1. The van der Waals surface area contributed by atoms with Gasteiger partial charge in [0, 0.05) is 6.92 Å². The highest BCUT2D eigenvalue weighted by Gasteiger charge is 2.38. The molecular weight excluding hydrogens is 240 g/mol. The average molecular weight is 252 g/mol. The topological polar surface area (TPSA) is 67.8 Å². The summed E-state index contributed by atoms with van der Waals surface area (Å²) in [6.45, 7) is 1.54. The Bertz CT molecular complexity index is 449. The normalized spacial score (nSPS) is 28.3. The largest absolute Gasteiger partial charge is 0.609 e. The molecule has 0 saturated heterocycles. The first kappa shape index (κ1) is 11.9. The van der Waals surface area contributed by atoms with E-state index in [4.69, 9.17) is 0 Å². The fourth-order valence-electron chi connectivity index (χ4n) is 1.35. The van der Waals surface area contributed by atoms with Crippen molar-refractivity contribution in [2.45, 2.75) is 13.1 Å². The second-order valence-corrected chi connectivity index (χ2v) is 4.24. The number of amides is 2. The Morgan fingerprint density at radius 2 is 2.12 bits per heavy atom. The quantitative estimate of drug-likeness (QED) is 0.480. The number of anilines is 1. The van der Waals surface area contributed by atoms with Crippen molar-refractivity contribution in [1.82, 2.24) is 5.01 Å². The third-order valence-electron chi connectivity index (χ3n) is 2.41. The van der Waals surface area contributed by atoms with Gasteiger partial charge in [-0.25, -0.2) is 9.79 Å². The molecule has 2 atom stereocenters. The number of hydrogen-bond acceptors (Lipinski definition) is 5. The predicted molar refractivity (Wildman–Crippen MR) is 67.9 cm³/mol. The van der Waals surface area contributed by atoms with Crippen LogP contribution in [0.4, 0.5) is 10.5 Å². The molecule has 7 heteroatoms. The van der Waals surface area contributed by atoms with Crippen LogP contribution in [-0.4, -0.2) is 27.6 Å². The summed E-state index contributed by atoms with van der Waals surface area (Å²) in [5, 5.41) is 12.9. The maximum Gasteiger partial charge on any atom is 0.456 e. The van der Waals surface area contributed by atoms with Crippen LogP contribution in [0.5, 0.6) is 0 Å². The Balaban J connectivity index is 2.19. The number of hydrazine groups is 1. The first-order chi connectivity index (χ1) is 8.01. The van der Waals surface area contributed by atoms with Crippen molar-refractivity contribution in [2.24, 2.45) is 4.99 Å². The lowest BCUT2D eigenvalue weighted by atomic mass is 10.3. The van der Waals surface area contributed by atoms with Gasteiger partial charge in [0.25, 0.3) is 0 Å². The lowest BCUT2D eigenvalue weighted by molar-refractivity contribution is -0.682. The number of rotatable bonds is 2. The maximum absolute atomic E-state index is 11.8. The summed E-state index contributed by atoms with van der Waals surface area (Å²) in [5.74, 6) is 0. The van der Waals surface area contributed by atoms with Crippen molar-refractivity contribution in [1.29, 1.82) is 0 Å². The Morgan fingerprint density at radius 1 is 1.47 bits per heavy atom. The minimum absolute atomic E-state index is 0.690. The summed E-state index contributed by atoms with van der Waals surface area (Å²) >= 11 is 3.77. The van der Waals surface area contributed by atoms with Crippen LogP contribution in [0.15, 0.2) is 35.3 Å². The summed E-state index contributed by atoms with van der Waals surface area (Å²) in [4.78, 5) is 15.7. The highest BCUT2D eigenvalue weighted by molar-refractivity contribution is 7.74. The molecule has 0 saturated carbocycles. The monoisotopic (exact) mass is 252 g/mol. The van der Waals surface area contributed by atoms with Crippen LogP contribution in [0, 0.1) is 5.21 Å². The van der Waals surface area contributed by atoms with Crippen molar-refractivity contribution >= 4 is 30.9 Å². The number of benzene rings is 1. The molecule has 0 aliphatic carbocycles. The number of hydrogen-bond donors (Lipinski definition) is 2. The molecule has 90 valence electrons. The molecule has 6 nitrogen and oxygen atoms in total. The molecule has 0 aromatic heterocycles. The molecule has 2 unspecified atom stereocenters. The lowest BCUT2D eigenvalue weighted by Crippen LogP contribution is -2.57. The maximum atomic E-state index is 11.8. The van der Waals surface area contributed by atoms with Gasteiger partial charge < -0.3 is 5.21 Å². The van der Waals surface area contributed by atoms with Crippen molar-refractivity contribution < 1.29 is 8.85 Å². The number of hydroxylamine groups is 2. The third-order valence-corrected chi connectivity index (χ3v) is 2.91. The summed E-state index contributed by atoms with van der Waals surface area (Å²) in [6, 6.07) is 8.31. The van der Waals surface area contributed by atoms with Crippen LogP contribution in [-0.2, 0) is 0 Å². The smallest absolute Gasteiger partial charge is 0.456 e. The zero-order valence-corrected chi connectivity index (χ0v) is 10.0. The van der Waals surface area contributed by atoms with Gasteiger partial charge in [-0.3, -0.25) is 5.43 Å². The number of urea groups is 1. The minimum Gasteiger partial charge on any atom is -0.609 e. The fraction of sp³-hybridized carbons (Fsp3) is 0.200. The molecule has 0 fully saturated rings. The average Bonchev–Trinajstić information content (AvgIpc) is 2.32. The van der Waals surface area contributed by atoms with Gasteiger partial charge in [-0.05, 0) is 12.1 Å². The third kappa shape index (κ3) is 2.26. The Kier molecular flexibility index (Phi) is 3.05. The Labute approximate surface area is 104 Å². The number of nitrogens with zero attached hydrogens (tertiary/aromatic N) is 3. The molecule has 2 rings (SSSR count). The van der Waals surface area contributed by atoms with E-state index in [1.54, 1.807) is 12.1 Å². The van der Waals surface area contributed by atoms with Gasteiger partial charge in [0.1, 0.15) is 6.34 Å². The number of aliphatic imine (C=N–C) groups is 1. The van der Waals surface area contributed by atoms with Gasteiger partial charge in [0.15, 0.2) is 6.17 Å². The molecule has 0 bridgehead atoms. The van der Waals surface area contributed by atoms with E-state index >= 15 is 0 Å². The zero-order valence-electron chi connectivity index (χ0n) is 9.15. The van der Waals surface area contributed by atoms with E-state index in [-0.39, 0.29) is 0 Å². The molecule has 1 aromatic rings. The molecule has 1 heterocycles. The molecule has 1 aromatic carbocycles. The Hall–Kier alpha value is -1.57. The SMILES string of the molecule is CC1N=CN(Nc2ccccc2)C(=O)[N+]1([O-])S. The number of thiol groups is 1. The van der Waals surface area contributed by atoms with Crippen LogP contribution in [0.25, 0.3) is 0 Å². The van der Waals surface area contributed by atoms with Crippen LogP contribution in [0.1, 0.15) is 6.92 Å². The van der Waals surface area contributed by atoms with E-state index in [0.717, 1.165) is 5.01 Å². The number of quaternary nitrogens is 1. The predicted octanol–water partition coefficient (Wildman–Crippen LogP) is 1.98. The zero-order chi connectivity index (χ0) is 12.5. The first-order valence-electron chi connectivity index (χ1n) is 5.03. The van der Waals surface area contributed by atoms with Crippen LogP contribution in [0.3, 0.4) is 0 Å². The van der Waals surface area contributed by atoms with Gasteiger partial charge >= 0.3 is 6.03 Å². The Morgan fingerprint density at radius 3 is 2.76 bits per heavy atom. The number of para-hydroxylation sites is 1. The standard InChI is InChI=1S/C10H12N4O2S/c1-8-11-7-13(10(15)14(8,16)17)12-9-5-3-2-4-6-9/h2-8,12,17H,1H3. The van der Waals surface area contributed by atoms with Gasteiger partial charge in [0.2, 0.25) is 0 Å². The molecule has 0 radical (unpaired) electrons. The van der Waals surface area contributed by atoms with Crippen LogP contribution >= 0.6 is 12.8 Å². The lowest BCUT2D eigenvalue weighted by Gasteiger charge is -2.40. The van der Waals surface area contributed by atoms with Gasteiger partial charge in [-0.2, -0.15) is 9.06 Å². The summed E-state index contributed by atoms with van der Waals surface area (Å²) in [7, 11) is 0. The van der Waals surface area contributed by atoms with E-state index in [1.807, 2.05) is 18.2 Å². The van der Waals surface area contributed by atoms with Gasteiger partial charge in [-0.1, -0.05) is 18.2 Å². The molecule has 0 spiro atoms. The minimum atomic E-state index is -1.35. The van der Waals surface area contributed by atoms with Crippen LogP contribution in [0.2, 0.25) is 0 Å². The summed E-state index contributed by atoms with van der Waals surface area (Å²) in [6.07, 6.45) is 0.546. The van der Waals surface area contributed by atoms with Gasteiger partial charge in [0.05, 0.1) is 18.5 Å². The summed E-state index contributed by atoms with van der Waals surface area (Å²) in [5.41, 5.74) is 3.47. The second kappa shape index (κ2) is 4.36. The number of carbonyl (C=O) groups is 1. The van der Waals surface area contributed by atoms with E-state index in [1.165, 1.54) is 13.3 Å². The molecule has 17 heavy (non-hydrogen) atoms. The van der Waals surface area contributed by atoms with E-state index in [9.17, 15) is 10.0 Å². The van der Waals surface area contributed by atoms with Crippen molar-refractivity contribution in [3.63, 3.8) is 0 Å². The van der Waals surface area contributed by atoms with Crippen LogP contribution < -0.4 is 5.43 Å².